The van der Waals surface area contributed by atoms with Crippen LogP contribution in [0.3, 0.4) is 0 Å². The number of hydrogen-bond acceptors (Lipinski definition) is 3. The van der Waals surface area contributed by atoms with Crippen LogP contribution in [0.4, 0.5) is 5.69 Å². The van der Waals surface area contributed by atoms with Crippen molar-refractivity contribution >= 4 is 23.7 Å². The van der Waals surface area contributed by atoms with E-state index >= 15 is 0 Å². The molecule has 2 heterocycles. The minimum absolute atomic E-state index is 0.0417. The molecule has 0 radical (unpaired) electrons. The summed E-state index contributed by atoms with van der Waals surface area (Å²) in [5.74, 6) is 0.894. The number of carbonyl (C=O) groups excluding carboxylic acids is 1. The monoisotopic (exact) mass is 217 g/mol. The number of anilines is 1. The lowest BCUT2D eigenvalue weighted by Crippen LogP contribution is -2.39. The minimum Gasteiger partial charge on any atom is -0.374 e. The van der Waals surface area contributed by atoms with Crippen LogP contribution in [-0.2, 0) is 4.79 Å². The average molecular weight is 217 g/mol. The van der Waals surface area contributed by atoms with Crippen molar-refractivity contribution < 1.29 is 4.79 Å². The molecule has 1 aromatic rings. The van der Waals surface area contributed by atoms with Crippen LogP contribution in [0.25, 0.3) is 0 Å². The van der Waals surface area contributed by atoms with Gasteiger partial charge in [0.2, 0.25) is 0 Å². The number of aldehydes is 1. The molecule has 15 heavy (non-hydrogen) atoms. The molecule has 0 saturated heterocycles. The highest BCUT2D eigenvalue weighted by Gasteiger charge is 2.45. The molecule has 1 aromatic carbocycles. The number of fused-ring (bicyclic) bond motifs is 1. The van der Waals surface area contributed by atoms with Crippen molar-refractivity contribution in [3.05, 3.63) is 41.3 Å². The van der Waals surface area contributed by atoms with E-state index < -0.39 is 0 Å². The zero-order chi connectivity index (χ0) is 10.3. The van der Waals surface area contributed by atoms with E-state index in [0.29, 0.717) is 0 Å². The summed E-state index contributed by atoms with van der Waals surface area (Å²) in [6, 6.07) is 8.06. The molecule has 0 aromatic heterocycles. The smallest absolute Gasteiger partial charge is 0.130 e. The van der Waals surface area contributed by atoms with Gasteiger partial charge in [0.15, 0.2) is 0 Å². The predicted octanol–water partition coefficient (Wildman–Crippen LogP) is 2.39. The maximum absolute atomic E-state index is 11.2. The van der Waals surface area contributed by atoms with Gasteiger partial charge in [-0.15, -0.1) is 11.8 Å². The van der Waals surface area contributed by atoms with Gasteiger partial charge >= 0.3 is 0 Å². The molecular formula is C12H11NOS. The van der Waals surface area contributed by atoms with Gasteiger partial charge in [-0.05, 0) is 17.0 Å². The van der Waals surface area contributed by atoms with Gasteiger partial charge in [0.05, 0.1) is 11.5 Å². The first-order valence-corrected chi connectivity index (χ1v) is 6.02. The van der Waals surface area contributed by atoms with Gasteiger partial charge in [-0.2, -0.15) is 0 Å². The van der Waals surface area contributed by atoms with Crippen LogP contribution in [0.2, 0.25) is 0 Å². The van der Waals surface area contributed by atoms with E-state index in [2.05, 4.69) is 16.8 Å². The van der Waals surface area contributed by atoms with E-state index in [1.165, 1.54) is 0 Å². The molecule has 2 atom stereocenters. The van der Waals surface area contributed by atoms with Crippen molar-refractivity contribution in [2.45, 2.75) is 11.5 Å². The lowest BCUT2D eigenvalue weighted by molar-refractivity contribution is -0.109. The molecule has 0 fully saturated rings. The zero-order valence-corrected chi connectivity index (χ0v) is 8.96. The molecular weight excluding hydrogens is 206 g/mol. The van der Waals surface area contributed by atoms with Gasteiger partial charge in [0.1, 0.15) is 6.29 Å². The first kappa shape index (κ1) is 9.04. The highest BCUT2D eigenvalue weighted by molar-refractivity contribution is 8.02. The standard InChI is InChI=1S/C12H11NOS/c14-7-10-9-3-1-2-4-11(9)13-12(10)5-6-15-8-12/h1-7,10,13H,8H2. The summed E-state index contributed by atoms with van der Waals surface area (Å²) in [4.78, 5) is 11.2. The Bertz CT molecular complexity index is 443. The molecule has 0 bridgehead atoms. The largest absolute Gasteiger partial charge is 0.374 e. The highest BCUT2D eigenvalue weighted by Crippen LogP contribution is 2.46. The molecule has 2 unspecified atom stereocenters. The van der Waals surface area contributed by atoms with Crippen molar-refractivity contribution in [2.24, 2.45) is 0 Å². The second-order valence-electron chi connectivity index (χ2n) is 3.98. The quantitative estimate of drug-likeness (QED) is 0.732. The Morgan fingerprint density at radius 2 is 2.33 bits per heavy atom. The van der Waals surface area contributed by atoms with E-state index in [1.54, 1.807) is 11.8 Å². The summed E-state index contributed by atoms with van der Waals surface area (Å²) in [6.45, 7) is 0. The lowest BCUT2D eigenvalue weighted by atomic mass is 9.85. The fourth-order valence-electron chi connectivity index (χ4n) is 2.36. The molecule has 3 heteroatoms. The van der Waals surface area contributed by atoms with E-state index in [0.717, 1.165) is 23.3 Å². The van der Waals surface area contributed by atoms with Crippen molar-refractivity contribution in [3.8, 4) is 0 Å². The molecule has 2 aliphatic heterocycles. The first-order chi connectivity index (χ1) is 7.36. The number of para-hydroxylation sites is 1. The first-order valence-electron chi connectivity index (χ1n) is 4.97. The Kier molecular flexibility index (Phi) is 1.89. The summed E-state index contributed by atoms with van der Waals surface area (Å²) in [6.07, 6.45) is 3.19. The van der Waals surface area contributed by atoms with Gasteiger partial charge in [-0.1, -0.05) is 24.3 Å². The molecule has 0 aliphatic carbocycles. The van der Waals surface area contributed by atoms with E-state index in [-0.39, 0.29) is 11.5 Å². The van der Waals surface area contributed by atoms with Crippen molar-refractivity contribution in [3.63, 3.8) is 0 Å². The summed E-state index contributed by atoms with van der Waals surface area (Å²) in [5, 5.41) is 5.55. The van der Waals surface area contributed by atoms with Crippen LogP contribution in [0.15, 0.2) is 35.7 Å². The summed E-state index contributed by atoms with van der Waals surface area (Å²) in [7, 11) is 0. The third-order valence-electron chi connectivity index (χ3n) is 3.14. The molecule has 76 valence electrons. The fourth-order valence-corrected chi connectivity index (χ4v) is 3.42. The molecule has 0 amide bonds. The van der Waals surface area contributed by atoms with Crippen LogP contribution < -0.4 is 5.32 Å². The summed E-state index contributed by atoms with van der Waals surface area (Å²) < 4.78 is 0. The third kappa shape index (κ3) is 1.16. The van der Waals surface area contributed by atoms with Gasteiger partial charge < -0.3 is 10.1 Å². The van der Waals surface area contributed by atoms with Crippen molar-refractivity contribution in [1.82, 2.24) is 0 Å². The molecule has 2 aliphatic rings. The number of thioether (sulfide) groups is 1. The molecule has 2 nitrogen and oxygen atoms in total. The summed E-state index contributed by atoms with van der Waals surface area (Å²) >= 11 is 1.76. The topological polar surface area (TPSA) is 29.1 Å². The highest BCUT2D eigenvalue weighted by atomic mass is 32.2. The molecule has 1 N–H and O–H groups in total. The van der Waals surface area contributed by atoms with Crippen LogP contribution in [0, 0.1) is 0 Å². The Morgan fingerprint density at radius 1 is 1.47 bits per heavy atom. The molecule has 1 spiro atoms. The average Bonchev–Trinajstić information content (AvgIpc) is 2.83. The fraction of sp³-hybridized carbons (Fsp3) is 0.250. The van der Waals surface area contributed by atoms with Gasteiger partial charge in [0, 0.05) is 11.4 Å². The second kappa shape index (κ2) is 3.14. The number of benzene rings is 1. The van der Waals surface area contributed by atoms with Crippen LogP contribution >= 0.6 is 11.8 Å². The molecule has 3 rings (SSSR count). The van der Waals surface area contributed by atoms with Crippen molar-refractivity contribution in [2.75, 3.05) is 11.1 Å². The van der Waals surface area contributed by atoms with E-state index in [4.69, 9.17) is 0 Å². The Labute approximate surface area is 92.8 Å². The minimum atomic E-state index is -0.171. The van der Waals surface area contributed by atoms with Crippen LogP contribution in [0.1, 0.15) is 11.5 Å². The van der Waals surface area contributed by atoms with Gasteiger partial charge in [-0.25, -0.2) is 0 Å². The number of rotatable bonds is 1. The predicted molar refractivity (Wildman–Crippen MR) is 63.2 cm³/mol. The Hall–Kier alpha value is -1.22. The van der Waals surface area contributed by atoms with E-state index in [9.17, 15) is 4.79 Å². The van der Waals surface area contributed by atoms with Crippen LogP contribution in [0.5, 0.6) is 0 Å². The SMILES string of the molecule is O=CC1c2ccccc2NC12C=CSC2. The third-order valence-corrected chi connectivity index (χ3v) is 4.11. The maximum Gasteiger partial charge on any atom is 0.130 e. The Morgan fingerprint density at radius 3 is 3.07 bits per heavy atom. The van der Waals surface area contributed by atoms with E-state index in [1.807, 2.05) is 24.3 Å². The zero-order valence-electron chi connectivity index (χ0n) is 8.14. The second-order valence-corrected chi connectivity index (χ2v) is 4.87. The van der Waals surface area contributed by atoms with Gasteiger partial charge in [-0.3, -0.25) is 0 Å². The molecule has 0 saturated carbocycles. The number of hydrogen-bond donors (Lipinski definition) is 1. The summed E-state index contributed by atoms with van der Waals surface area (Å²) in [5.41, 5.74) is 2.05. The normalized spacial score (nSPS) is 31.6. The number of nitrogens with one attached hydrogen (secondary N) is 1. The Balaban J connectivity index is 2.12. The van der Waals surface area contributed by atoms with Crippen molar-refractivity contribution in [1.29, 1.82) is 0 Å². The van der Waals surface area contributed by atoms with Gasteiger partial charge in [0.25, 0.3) is 0 Å². The number of carbonyl (C=O) groups is 1. The maximum atomic E-state index is 11.2. The van der Waals surface area contributed by atoms with Crippen LogP contribution in [-0.4, -0.2) is 17.6 Å². The lowest BCUT2D eigenvalue weighted by Gasteiger charge is -2.26.